The van der Waals surface area contributed by atoms with Gasteiger partial charge in [-0.1, -0.05) is 19.8 Å². The lowest BCUT2D eigenvalue weighted by atomic mass is 10.1. The van der Waals surface area contributed by atoms with Crippen molar-refractivity contribution >= 4 is 0 Å². The fourth-order valence-electron chi connectivity index (χ4n) is 1.98. The summed E-state index contributed by atoms with van der Waals surface area (Å²) in [6, 6.07) is 0. The predicted octanol–water partition coefficient (Wildman–Crippen LogP) is 2.52. The molecule has 1 saturated carbocycles. The molecule has 84 valence electrons. The van der Waals surface area contributed by atoms with Crippen LogP contribution < -0.4 is 0 Å². The summed E-state index contributed by atoms with van der Waals surface area (Å²) < 4.78 is 2.07. The van der Waals surface area contributed by atoms with Gasteiger partial charge in [0.25, 0.3) is 0 Å². The Bertz CT molecular complexity index is 304. The number of imidazole rings is 1. The van der Waals surface area contributed by atoms with Crippen LogP contribution in [0.15, 0.2) is 12.5 Å². The van der Waals surface area contributed by atoms with Crippen molar-refractivity contribution in [1.29, 1.82) is 0 Å². The fraction of sp³-hybridized carbons (Fsp3) is 0.750. The van der Waals surface area contributed by atoms with E-state index in [4.69, 9.17) is 0 Å². The Morgan fingerprint density at radius 3 is 3.07 bits per heavy atom. The van der Waals surface area contributed by atoms with Gasteiger partial charge < -0.3 is 9.67 Å². The lowest BCUT2D eigenvalue weighted by Gasteiger charge is -2.12. The highest BCUT2D eigenvalue weighted by molar-refractivity contribution is 5.02. The third kappa shape index (κ3) is 2.81. The summed E-state index contributed by atoms with van der Waals surface area (Å²) in [5.74, 6) is 0.891. The second-order valence-electron chi connectivity index (χ2n) is 4.55. The highest BCUT2D eigenvalue weighted by atomic mass is 16.3. The average molecular weight is 208 g/mol. The van der Waals surface area contributed by atoms with E-state index in [1.165, 1.54) is 19.3 Å². The van der Waals surface area contributed by atoms with Gasteiger partial charge >= 0.3 is 0 Å². The van der Waals surface area contributed by atoms with Crippen LogP contribution in [0.5, 0.6) is 0 Å². The molecule has 1 atom stereocenters. The third-order valence-electron chi connectivity index (χ3n) is 3.10. The van der Waals surface area contributed by atoms with E-state index < -0.39 is 0 Å². The Kier molecular flexibility index (Phi) is 3.41. The minimum atomic E-state index is -0.320. The number of hydrogen-bond donors (Lipinski definition) is 1. The number of nitrogens with zero attached hydrogens (tertiary/aromatic N) is 2. The van der Waals surface area contributed by atoms with E-state index in [0.29, 0.717) is 0 Å². The van der Waals surface area contributed by atoms with Gasteiger partial charge in [0.2, 0.25) is 0 Å². The van der Waals surface area contributed by atoms with Crippen molar-refractivity contribution in [3.8, 4) is 0 Å². The maximum Gasteiger partial charge on any atom is 0.0955 e. The molecular formula is C12H20N2O. The number of aryl methyl sites for hydroxylation is 1. The van der Waals surface area contributed by atoms with Crippen LogP contribution in [0, 0.1) is 5.92 Å². The standard InChI is InChI=1S/C12H20N2O/c1-2-7-14-9-13-8-11(14)12(15)6-5-10-3-4-10/h8-10,12,15H,2-7H2,1H3. The molecule has 15 heavy (non-hydrogen) atoms. The van der Waals surface area contributed by atoms with E-state index >= 15 is 0 Å². The summed E-state index contributed by atoms with van der Waals surface area (Å²) in [5, 5.41) is 10.0. The maximum absolute atomic E-state index is 10.0. The summed E-state index contributed by atoms with van der Waals surface area (Å²) in [4.78, 5) is 4.11. The highest BCUT2D eigenvalue weighted by Gasteiger charge is 2.23. The molecule has 3 heteroatoms. The van der Waals surface area contributed by atoms with Gasteiger partial charge in [0.1, 0.15) is 0 Å². The number of hydrogen-bond acceptors (Lipinski definition) is 2. The van der Waals surface area contributed by atoms with Crippen LogP contribution in [0.4, 0.5) is 0 Å². The first-order chi connectivity index (χ1) is 7.31. The van der Waals surface area contributed by atoms with Gasteiger partial charge in [-0.3, -0.25) is 0 Å². The van der Waals surface area contributed by atoms with E-state index in [1.54, 1.807) is 6.20 Å². The molecule has 0 radical (unpaired) electrons. The van der Waals surface area contributed by atoms with Crippen LogP contribution in [0.1, 0.15) is 50.8 Å². The van der Waals surface area contributed by atoms with Crippen molar-refractivity contribution in [2.24, 2.45) is 5.92 Å². The van der Waals surface area contributed by atoms with Gasteiger partial charge in [0, 0.05) is 6.54 Å². The fourth-order valence-corrected chi connectivity index (χ4v) is 1.98. The van der Waals surface area contributed by atoms with Crippen molar-refractivity contribution in [3.05, 3.63) is 18.2 Å². The Labute approximate surface area is 91.1 Å². The smallest absolute Gasteiger partial charge is 0.0955 e. The monoisotopic (exact) mass is 208 g/mol. The van der Waals surface area contributed by atoms with Crippen molar-refractivity contribution < 1.29 is 5.11 Å². The van der Waals surface area contributed by atoms with E-state index in [1.807, 2.05) is 6.33 Å². The van der Waals surface area contributed by atoms with Gasteiger partial charge in [-0.05, 0) is 25.2 Å². The van der Waals surface area contributed by atoms with Gasteiger partial charge in [-0.15, -0.1) is 0 Å². The zero-order chi connectivity index (χ0) is 10.7. The van der Waals surface area contributed by atoms with Crippen LogP contribution in [0.25, 0.3) is 0 Å². The summed E-state index contributed by atoms with van der Waals surface area (Å²) >= 11 is 0. The molecule has 0 aromatic carbocycles. The molecular weight excluding hydrogens is 188 g/mol. The molecule has 0 saturated heterocycles. The molecule has 1 aliphatic carbocycles. The van der Waals surface area contributed by atoms with Crippen molar-refractivity contribution in [1.82, 2.24) is 9.55 Å². The molecule has 0 amide bonds. The van der Waals surface area contributed by atoms with Crippen molar-refractivity contribution in [2.45, 2.75) is 51.7 Å². The molecule has 1 N–H and O–H groups in total. The number of aromatic nitrogens is 2. The molecule has 1 fully saturated rings. The Hall–Kier alpha value is -0.830. The predicted molar refractivity (Wildman–Crippen MR) is 59.4 cm³/mol. The molecule has 1 aromatic rings. The van der Waals surface area contributed by atoms with Gasteiger partial charge in [-0.25, -0.2) is 4.98 Å². The largest absolute Gasteiger partial charge is 0.387 e. The summed E-state index contributed by atoms with van der Waals surface area (Å²) in [7, 11) is 0. The first kappa shape index (κ1) is 10.7. The Morgan fingerprint density at radius 2 is 2.40 bits per heavy atom. The zero-order valence-corrected chi connectivity index (χ0v) is 9.39. The second-order valence-corrected chi connectivity index (χ2v) is 4.55. The number of aliphatic hydroxyl groups excluding tert-OH is 1. The van der Waals surface area contributed by atoms with E-state index in [9.17, 15) is 5.11 Å². The first-order valence-corrected chi connectivity index (χ1v) is 5.99. The molecule has 3 nitrogen and oxygen atoms in total. The SMILES string of the molecule is CCCn1cncc1C(O)CCC1CC1. The number of aliphatic hydroxyl groups is 1. The minimum Gasteiger partial charge on any atom is -0.387 e. The topological polar surface area (TPSA) is 38.0 Å². The van der Waals surface area contributed by atoms with E-state index in [2.05, 4.69) is 16.5 Å². The normalized spacial score (nSPS) is 18.0. The van der Waals surface area contributed by atoms with Crippen LogP contribution in [-0.4, -0.2) is 14.7 Å². The summed E-state index contributed by atoms with van der Waals surface area (Å²) in [6.45, 7) is 3.09. The van der Waals surface area contributed by atoms with Gasteiger partial charge in [0.05, 0.1) is 24.3 Å². The van der Waals surface area contributed by atoms with Crippen LogP contribution in [0.3, 0.4) is 0 Å². The average Bonchev–Trinajstić information content (AvgIpc) is 2.95. The molecule has 0 bridgehead atoms. The van der Waals surface area contributed by atoms with Crippen LogP contribution in [0.2, 0.25) is 0 Å². The van der Waals surface area contributed by atoms with Crippen LogP contribution in [-0.2, 0) is 6.54 Å². The molecule has 0 spiro atoms. The molecule has 1 aromatic heterocycles. The molecule has 1 aliphatic rings. The Balaban J connectivity index is 1.90. The Morgan fingerprint density at radius 1 is 1.60 bits per heavy atom. The van der Waals surface area contributed by atoms with Gasteiger partial charge in [0.15, 0.2) is 0 Å². The van der Waals surface area contributed by atoms with E-state index in [-0.39, 0.29) is 6.10 Å². The molecule has 1 unspecified atom stereocenters. The van der Waals surface area contributed by atoms with Crippen LogP contribution >= 0.6 is 0 Å². The first-order valence-electron chi connectivity index (χ1n) is 5.99. The van der Waals surface area contributed by atoms with Crippen molar-refractivity contribution in [2.75, 3.05) is 0 Å². The third-order valence-corrected chi connectivity index (χ3v) is 3.10. The quantitative estimate of drug-likeness (QED) is 0.780. The van der Waals surface area contributed by atoms with Gasteiger partial charge in [-0.2, -0.15) is 0 Å². The minimum absolute atomic E-state index is 0.320. The zero-order valence-electron chi connectivity index (χ0n) is 9.39. The molecule has 1 heterocycles. The molecule has 2 rings (SSSR count). The lowest BCUT2D eigenvalue weighted by molar-refractivity contribution is 0.153. The number of rotatable bonds is 6. The van der Waals surface area contributed by atoms with E-state index in [0.717, 1.165) is 31.0 Å². The van der Waals surface area contributed by atoms with Crippen molar-refractivity contribution in [3.63, 3.8) is 0 Å². The molecule has 0 aliphatic heterocycles. The summed E-state index contributed by atoms with van der Waals surface area (Å²) in [5.41, 5.74) is 0.984. The maximum atomic E-state index is 10.0. The lowest BCUT2D eigenvalue weighted by Crippen LogP contribution is -2.07. The second kappa shape index (κ2) is 4.79. The highest BCUT2D eigenvalue weighted by Crippen LogP contribution is 2.35. The summed E-state index contributed by atoms with van der Waals surface area (Å²) in [6.07, 6.45) is 9.16.